The number of rotatable bonds is 4. The molecule has 0 radical (unpaired) electrons. The molecule has 0 saturated heterocycles. The molecule has 1 aromatic carbocycles. The molecule has 0 atom stereocenters. The Morgan fingerprint density at radius 3 is 2.85 bits per heavy atom. The lowest BCUT2D eigenvalue weighted by molar-refractivity contribution is 0.160. The summed E-state index contributed by atoms with van der Waals surface area (Å²) in [5.41, 5.74) is 0.915. The van der Waals surface area contributed by atoms with Gasteiger partial charge in [-0.3, -0.25) is 0 Å². The van der Waals surface area contributed by atoms with Gasteiger partial charge in [0.2, 0.25) is 0 Å². The third-order valence-electron chi connectivity index (χ3n) is 1.53. The van der Waals surface area contributed by atoms with Gasteiger partial charge in [-0.2, -0.15) is 0 Å². The number of hydrogen-bond donors (Lipinski definition) is 0. The number of nitrogens with zero attached hydrogens (tertiary/aromatic N) is 1. The van der Waals surface area contributed by atoms with E-state index in [1.807, 2.05) is 31.2 Å². The fourth-order valence-corrected chi connectivity index (χ4v) is 0.942. The largest absolute Gasteiger partial charge is 0.496 e. The number of hydrogen-bond acceptors (Lipinski definition) is 3. The number of methoxy groups -OCH3 is 1. The normalized spacial score (nSPS) is 10.3. The van der Waals surface area contributed by atoms with Crippen molar-refractivity contribution in [2.24, 2.45) is 5.16 Å². The van der Waals surface area contributed by atoms with Gasteiger partial charge in [0.15, 0.2) is 0 Å². The first-order chi connectivity index (χ1) is 6.38. The molecule has 0 heterocycles. The van der Waals surface area contributed by atoms with E-state index in [0.717, 1.165) is 11.3 Å². The third-order valence-corrected chi connectivity index (χ3v) is 1.53. The summed E-state index contributed by atoms with van der Waals surface area (Å²) in [5, 5.41) is 3.76. The Morgan fingerprint density at radius 2 is 2.15 bits per heavy atom. The highest BCUT2D eigenvalue weighted by atomic mass is 16.6. The van der Waals surface area contributed by atoms with Crippen molar-refractivity contribution in [3.8, 4) is 5.75 Å². The lowest BCUT2D eigenvalue weighted by Gasteiger charge is -2.02. The van der Waals surface area contributed by atoms with Gasteiger partial charge in [-0.05, 0) is 19.1 Å². The molecule has 3 heteroatoms. The van der Waals surface area contributed by atoms with Crippen molar-refractivity contribution in [1.82, 2.24) is 0 Å². The Bertz CT molecular complexity index is 284. The first-order valence-corrected chi connectivity index (χ1v) is 4.16. The Morgan fingerprint density at radius 1 is 1.38 bits per heavy atom. The second-order valence-electron chi connectivity index (χ2n) is 2.39. The summed E-state index contributed by atoms with van der Waals surface area (Å²) < 4.78 is 5.13. The second kappa shape index (κ2) is 5.19. The fraction of sp³-hybridized carbons (Fsp3) is 0.300. The molecule has 0 N–H and O–H groups in total. The van der Waals surface area contributed by atoms with E-state index in [1.165, 1.54) is 0 Å². The third kappa shape index (κ3) is 2.78. The molecule has 0 amide bonds. The van der Waals surface area contributed by atoms with Crippen LogP contribution in [0.15, 0.2) is 29.4 Å². The molecule has 13 heavy (non-hydrogen) atoms. The van der Waals surface area contributed by atoms with Crippen molar-refractivity contribution in [2.45, 2.75) is 6.92 Å². The minimum atomic E-state index is 0.575. The molecule has 0 bridgehead atoms. The highest BCUT2D eigenvalue weighted by molar-refractivity contribution is 5.82. The van der Waals surface area contributed by atoms with E-state index in [2.05, 4.69) is 5.16 Å². The van der Waals surface area contributed by atoms with Gasteiger partial charge in [0.05, 0.1) is 13.3 Å². The zero-order chi connectivity index (χ0) is 9.52. The molecule has 0 aliphatic carbocycles. The molecule has 0 fully saturated rings. The predicted molar refractivity (Wildman–Crippen MR) is 52.2 cm³/mol. The van der Waals surface area contributed by atoms with Crippen LogP contribution in [0.3, 0.4) is 0 Å². The topological polar surface area (TPSA) is 30.8 Å². The molecule has 0 aromatic heterocycles. The van der Waals surface area contributed by atoms with Gasteiger partial charge in [0, 0.05) is 5.56 Å². The number of benzene rings is 1. The molecule has 0 unspecified atom stereocenters. The molecule has 1 aromatic rings. The van der Waals surface area contributed by atoms with Crippen molar-refractivity contribution in [3.05, 3.63) is 29.8 Å². The summed E-state index contributed by atoms with van der Waals surface area (Å²) in [4.78, 5) is 4.85. The first-order valence-electron chi connectivity index (χ1n) is 4.16. The highest BCUT2D eigenvalue weighted by Gasteiger charge is 1.96. The Hall–Kier alpha value is -1.51. The van der Waals surface area contributed by atoms with Crippen molar-refractivity contribution in [1.29, 1.82) is 0 Å². The van der Waals surface area contributed by atoms with Crippen molar-refractivity contribution in [3.63, 3.8) is 0 Å². The lowest BCUT2D eigenvalue weighted by atomic mass is 10.2. The van der Waals surface area contributed by atoms with E-state index in [1.54, 1.807) is 13.3 Å². The monoisotopic (exact) mass is 179 g/mol. The van der Waals surface area contributed by atoms with Crippen molar-refractivity contribution in [2.75, 3.05) is 13.7 Å². The van der Waals surface area contributed by atoms with E-state index < -0.39 is 0 Å². The standard InChI is InChI=1S/C10H13NO2/c1-3-13-11-8-9-6-4-5-7-10(9)12-2/h4-8H,3H2,1-2H3. The van der Waals surface area contributed by atoms with Crippen LogP contribution in [-0.2, 0) is 4.84 Å². The van der Waals surface area contributed by atoms with E-state index in [4.69, 9.17) is 9.57 Å². The lowest BCUT2D eigenvalue weighted by Crippen LogP contribution is -1.90. The summed E-state index contributed by atoms with van der Waals surface area (Å²) in [6.07, 6.45) is 1.64. The van der Waals surface area contributed by atoms with Gasteiger partial charge in [-0.1, -0.05) is 17.3 Å². The van der Waals surface area contributed by atoms with Gasteiger partial charge in [-0.25, -0.2) is 0 Å². The highest BCUT2D eigenvalue weighted by Crippen LogP contribution is 2.14. The SMILES string of the molecule is CCON=Cc1ccccc1OC. The molecular weight excluding hydrogens is 166 g/mol. The van der Waals surface area contributed by atoms with Gasteiger partial charge < -0.3 is 9.57 Å². The number of oxime groups is 1. The average Bonchev–Trinajstić information content (AvgIpc) is 2.19. The van der Waals surface area contributed by atoms with Crippen LogP contribution in [0.25, 0.3) is 0 Å². The molecule has 1 rings (SSSR count). The summed E-state index contributed by atoms with van der Waals surface area (Å²) in [6, 6.07) is 7.64. The average molecular weight is 179 g/mol. The molecular formula is C10H13NO2. The van der Waals surface area contributed by atoms with Crippen LogP contribution in [0, 0.1) is 0 Å². The van der Waals surface area contributed by atoms with Crippen LogP contribution in [0.4, 0.5) is 0 Å². The summed E-state index contributed by atoms with van der Waals surface area (Å²) in [7, 11) is 1.63. The van der Waals surface area contributed by atoms with E-state index in [-0.39, 0.29) is 0 Å². The minimum Gasteiger partial charge on any atom is -0.496 e. The zero-order valence-electron chi connectivity index (χ0n) is 7.86. The Balaban J connectivity index is 2.74. The number of ether oxygens (including phenoxy) is 1. The summed E-state index contributed by atoms with van der Waals surface area (Å²) in [6.45, 7) is 2.46. The zero-order valence-corrected chi connectivity index (χ0v) is 7.86. The first kappa shape index (κ1) is 9.58. The van der Waals surface area contributed by atoms with Crippen molar-refractivity contribution >= 4 is 6.21 Å². The molecule has 0 aliphatic heterocycles. The maximum absolute atomic E-state index is 5.13. The quantitative estimate of drug-likeness (QED) is 0.523. The van der Waals surface area contributed by atoms with Crippen LogP contribution in [0.5, 0.6) is 5.75 Å². The fourth-order valence-electron chi connectivity index (χ4n) is 0.942. The maximum Gasteiger partial charge on any atom is 0.127 e. The second-order valence-corrected chi connectivity index (χ2v) is 2.39. The van der Waals surface area contributed by atoms with Gasteiger partial charge in [0.1, 0.15) is 12.4 Å². The minimum absolute atomic E-state index is 0.575. The van der Waals surface area contributed by atoms with Crippen LogP contribution < -0.4 is 4.74 Å². The summed E-state index contributed by atoms with van der Waals surface area (Å²) >= 11 is 0. The molecule has 0 aliphatic rings. The van der Waals surface area contributed by atoms with Crippen LogP contribution in [0.2, 0.25) is 0 Å². The van der Waals surface area contributed by atoms with Crippen LogP contribution >= 0.6 is 0 Å². The van der Waals surface area contributed by atoms with Gasteiger partial charge >= 0.3 is 0 Å². The van der Waals surface area contributed by atoms with E-state index >= 15 is 0 Å². The summed E-state index contributed by atoms with van der Waals surface area (Å²) in [5.74, 6) is 0.797. The van der Waals surface area contributed by atoms with Gasteiger partial charge in [0.25, 0.3) is 0 Å². The maximum atomic E-state index is 5.13. The van der Waals surface area contributed by atoms with Crippen LogP contribution in [0.1, 0.15) is 12.5 Å². The van der Waals surface area contributed by atoms with Crippen molar-refractivity contribution < 1.29 is 9.57 Å². The van der Waals surface area contributed by atoms with E-state index in [0.29, 0.717) is 6.61 Å². The molecule has 70 valence electrons. The smallest absolute Gasteiger partial charge is 0.127 e. The molecule has 0 saturated carbocycles. The Labute approximate surface area is 78.0 Å². The molecule has 0 spiro atoms. The number of para-hydroxylation sites is 1. The van der Waals surface area contributed by atoms with Gasteiger partial charge in [-0.15, -0.1) is 0 Å². The Kier molecular flexibility index (Phi) is 3.82. The van der Waals surface area contributed by atoms with Crippen LogP contribution in [-0.4, -0.2) is 19.9 Å². The predicted octanol–water partition coefficient (Wildman–Crippen LogP) is 2.07. The van der Waals surface area contributed by atoms with E-state index in [9.17, 15) is 0 Å². The molecule has 3 nitrogen and oxygen atoms in total.